The lowest BCUT2D eigenvalue weighted by Crippen LogP contribution is -2.19. The Bertz CT molecular complexity index is 739. The fourth-order valence-electron chi connectivity index (χ4n) is 2.50. The Morgan fingerprint density at radius 3 is 2.87 bits per heavy atom. The third-order valence-electron chi connectivity index (χ3n) is 3.55. The number of hydrogen-bond acceptors (Lipinski definition) is 8. The van der Waals surface area contributed by atoms with Gasteiger partial charge in [-0.1, -0.05) is 0 Å². The summed E-state index contributed by atoms with van der Waals surface area (Å²) in [5.41, 5.74) is 10.0. The van der Waals surface area contributed by atoms with Gasteiger partial charge in [0.05, 0.1) is 11.1 Å². The van der Waals surface area contributed by atoms with Crippen LogP contribution in [0.25, 0.3) is 0 Å². The molecule has 2 aromatic rings. The zero-order valence-corrected chi connectivity index (χ0v) is 13.1. The quantitative estimate of drug-likeness (QED) is 0.495. The van der Waals surface area contributed by atoms with Crippen LogP contribution in [-0.2, 0) is 0 Å². The van der Waals surface area contributed by atoms with Gasteiger partial charge in [-0.3, -0.25) is 15.5 Å². The molecule has 0 atom stereocenters. The van der Waals surface area contributed by atoms with Crippen LogP contribution < -0.4 is 16.1 Å². The van der Waals surface area contributed by atoms with E-state index in [-0.39, 0.29) is 5.69 Å². The van der Waals surface area contributed by atoms with Crippen LogP contribution in [0.4, 0.5) is 22.3 Å². The molecule has 0 bridgehead atoms. The number of nitro groups is 1. The summed E-state index contributed by atoms with van der Waals surface area (Å²) in [5, 5.41) is 17.4. The molecule has 1 aromatic heterocycles. The molecule has 3 N–H and O–H groups in total. The molecule has 1 saturated heterocycles. The Labute approximate surface area is 136 Å². The maximum atomic E-state index is 11.0. The number of nitrogens with one attached hydrogen (secondary N) is 1. The number of rotatable bonds is 5. The number of hydrazone groups is 1. The molecule has 0 spiro atoms. The van der Waals surface area contributed by atoms with E-state index < -0.39 is 4.92 Å². The van der Waals surface area contributed by atoms with E-state index in [1.807, 2.05) is 0 Å². The topological polar surface area (TPSA) is 110 Å². The van der Waals surface area contributed by atoms with Crippen molar-refractivity contribution < 1.29 is 4.92 Å². The molecule has 8 nitrogen and oxygen atoms in total. The molecular weight excluding hydrogens is 316 g/mol. The van der Waals surface area contributed by atoms with Gasteiger partial charge >= 0.3 is 0 Å². The fourth-order valence-corrected chi connectivity index (χ4v) is 3.05. The normalized spacial score (nSPS) is 14.5. The number of nitrogens with zero attached hydrogens (tertiary/aromatic N) is 4. The van der Waals surface area contributed by atoms with E-state index in [0.29, 0.717) is 16.5 Å². The molecule has 0 aliphatic carbocycles. The van der Waals surface area contributed by atoms with Crippen molar-refractivity contribution in [2.45, 2.75) is 12.8 Å². The molecule has 2 heterocycles. The summed E-state index contributed by atoms with van der Waals surface area (Å²) in [6.07, 6.45) is 3.84. The van der Waals surface area contributed by atoms with Crippen LogP contribution >= 0.6 is 11.3 Å². The van der Waals surface area contributed by atoms with Gasteiger partial charge in [0, 0.05) is 41.9 Å². The second-order valence-electron chi connectivity index (χ2n) is 5.14. The Morgan fingerprint density at radius 1 is 1.43 bits per heavy atom. The van der Waals surface area contributed by atoms with Crippen molar-refractivity contribution in [1.29, 1.82) is 0 Å². The first-order valence-electron chi connectivity index (χ1n) is 7.17. The van der Waals surface area contributed by atoms with Gasteiger partial charge in [-0.05, 0) is 18.9 Å². The van der Waals surface area contributed by atoms with E-state index >= 15 is 0 Å². The maximum absolute atomic E-state index is 11.0. The summed E-state index contributed by atoms with van der Waals surface area (Å²) >= 11 is 1.34. The van der Waals surface area contributed by atoms with E-state index in [0.717, 1.165) is 31.6 Å². The van der Waals surface area contributed by atoms with Crippen LogP contribution in [0.3, 0.4) is 0 Å². The maximum Gasteiger partial charge on any atom is 0.270 e. The molecule has 0 unspecified atom stereocenters. The molecule has 9 heteroatoms. The van der Waals surface area contributed by atoms with Crippen LogP contribution in [0.15, 0.2) is 28.7 Å². The predicted octanol–water partition coefficient (Wildman–Crippen LogP) is 2.68. The van der Waals surface area contributed by atoms with Crippen LogP contribution in [-0.4, -0.2) is 29.2 Å². The van der Waals surface area contributed by atoms with E-state index in [2.05, 4.69) is 20.4 Å². The average Bonchev–Trinajstić information content (AvgIpc) is 3.19. The van der Waals surface area contributed by atoms with Gasteiger partial charge in [0.15, 0.2) is 0 Å². The second kappa shape index (κ2) is 6.61. The van der Waals surface area contributed by atoms with Gasteiger partial charge in [0.1, 0.15) is 5.82 Å². The number of nitrogen functional groups attached to an aromatic ring is 1. The predicted molar refractivity (Wildman–Crippen MR) is 92.3 cm³/mol. The van der Waals surface area contributed by atoms with Gasteiger partial charge in [0.25, 0.3) is 5.69 Å². The van der Waals surface area contributed by atoms with E-state index in [9.17, 15) is 10.1 Å². The highest BCUT2D eigenvalue weighted by molar-refractivity contribution is 7.14. The smallest absolute Gasteiger partial charge is 0.270 e. The van der Waals surface area contributed by atoms with Crippen molar-refractivity contribution in [3.8, 4) is 0 Å². The molecule has 1 aliphatic rings. The fraction of sp³-hybridized carbons (Fsp3) is 0.286. The standard InChI is InChI=1S/C14H16N6O2S/c15-13-9-23-14(17-13)18-16-8-10-7-11(20(21)22)3-4-12(10)19-5-1-2-6-19/h3-4,7-9H,1-2,5-6,15H2,(H,17,18). The molecule has 0 radical (unpaired) electrons. The molecular formula is C14H16N6O2S. The van der Waals surface area contributed by atoms with E-state index in [1.165, 1.54) is 23.5 Å². The number of aromatic nitrogens is 1. The van der Waals surface area contributed by atoms with Crippen molar-refractivity contribution in [1.82, 2.24) is 4.98 Å². The summed E-state index contributed by atoms with van der Waals surface area (Å²) < 4.78 is 0. The lowest BCUT2D eigenvalue weighted by Gasteiger charge is -2.19. The third-order valence-corrected chi connectivity index (χ3v) is 4.32. The zero-order valence-electron chi connectivity index (χ0n) is 12.3. The highest BCUT2D eigenvalue weighted by Gasteiger charge is 2.17. The summed E-state index contributed by atoms with van der Waals surface area (Å²) in [6, 6.07) is 4.85. The van der Waals surface area contributed by atoms with Gasteiger partial charge in [-0.2, -0.15) is 5.10 Å². The first-order valence-corrected chi connectivity index (χ1v) is 8.05. The van der Waals surface area contributed by atoms with Crippen molar-refractivity contribution in [2.75, 3.05) is 29.1 Å². The number of hydrogen-bond donors (Lipinski definition) is 2. The van der Waals surface area contributed by atoms with Crippen molar-refractivity contribution in [2.24, 2.45) is 5.10 Å². The van der Waals surface area contributed by atoms with E-state index in [4.69, 9.17) is 5.73 Å². The summed E-state index contributed by atoms with van der Waals surface area (Å²) in [5.74, 6) is 0.431. The lowest BCUT2D eigenvalue weighted by molar-refractivity contribution is -0.384. The largest absolute Gasteiger partial charge is 0.383 e. The summed E-state index contributed by atoms with van der Waals surface area (Å²) in [4.78, 5) is 16.8. The Hall–Kier alpha value is -2.68. The molecule has 23 heavy (non-hydrogen) atoms. The molecule has 1 aliphatic heterocycles. The van der Waals surface area contributed by atoms with Gasteiger partial charge in [0.2, 0.25) is 5.13 Å². The average molecular weight is 332 g/mol. The molecule has 1 aromatic carbocycles. The van der Waals surface area contributed by atoms with Crippen LogP contribution in [0, 0.1) is 10.1 Å². The minimum Gasteiger partial charge on any atom is -0.383 e. The van der Waals surface area contributed by atoms with Crippen molar-refractivity contribution in [3.05, 3.63) is 39.3 Å². The van der Waals surface area contributed by atoms with Gasteiger partial charge in [-0.25, -0.2) is 4.98 Å². The van der Waals surface area contributed by atoms with E-state index in [1.54, 1.807) is 17.7 Å². The molecule has 0 saturated carbocycles. The Balaban J connectivity index is 1.84. The second-order valence-corrected chi connectivity index (χ2v) is 6.00. The van der Waals surface area contributed by atoms with Crippen LogP contribution in [0.5, 0.6) is 0 Å². The zero-order chi connectivity index (χ0) is 16.2. The number of nitrogens with two attached hydrogens (primary N) is 1. The SMILES string of the molecule is Nc1csc(NN=Cc2cc([N+](=O)[O-])ccc2N2CCCC2)n1. The van der Waals surface area contributed by atoms with Crippen LogP contribution in [0.2, 0.25) is 0 Å². The third kappa shape index (κ3) is 3.57. The Kier molecular flexibility index (Phi) is 4.38. The first-order chi connectivity index (χ1) is 11.1. The molecule has 0 amide bonds. The molecule has 3 rings (SSSR count). The minimum atomic E-state index is -0.403. The van der Waals surface area contributed by atoms with Crippen molar-refractivity contribution >= 4 is 39.9 Å². The number of thiazole rings is 1. The van der Waals surface area contributed by atoms with Gasteiger partial charge in [-0.15, -0.1) is 11.3 Å². The number of benzene rings is 1. The number of non-ortho nitro benzene ring substituents is 1. The van der Waals surface area contributed by atoms with Crippen molar-refractivity contribution in [3.63, 3.8) is 0 Å². The molecule has 1 fully saturated rings. The molecule has 120 valence electrons. The summed E-state index contributed by atoms with van der Waals surface area (Å²) in [7, 11) is 0. The summed E-state index contributed by atoms with van der Waals surface area (Å²) in [6.45, 7) is 1.91. The first kappa shape index (κ1) is 15.2. The minimum absolute atomic E-state index is 0.0490. The van der Waals surface area contributed by atoms with Crippen LogP contribution in [0.1, 0.15) is 18.4 Å². The number of anilines is 3. The Morgan fingerprint density at radius 2 is 2.22 bits per heavy atom. The number of nitro benzene ring substituents is 1. The highest BCUT2D eigenvalue weighted by atomic mass is 32.1. The van der Waals surface area contributed by atoms with Gasteiger partial charge < -0.3 is 10.6 Å². The monoisotopic (exact) mass is 332 g/mol. The lowest BCUT2D eigenvalue weighted by atomic mass is 10.1. The highest BCUT2D eigenvalue weighted by Crippen LogP contribution is 2.27.